The van der Waals surface area contributed by atoms with Crippen LogP contribution in [0.5, 0.6) is 0 Å². The summed E-state index contributed by atoms with van der Waals surface area (Å²) in [7, 11) is 0. The van der Waals surface area contributed by atoms with Crippen LogP contribution in [0.4, 0.5) is 16.5 Å². The fourth-order valence-corrected chi connectivity index (χ4v) is 1.83. The number of anilines is 2. The van der Waals surface area contributed by atoms with E-state index < -0.39 is 11.7 Å². The van der Waals surface area contributed by atoms with Crippen molar-refractivity contribution in [2.45, 2.75) is 26.4 Å². The first-order valence-electron chi connectivity index (χ1n) is 6.26. The molecule has 0 unspecified atom stereocenters. The zero-order valence-electron chi connectivity index (χ0n) is 11.9. The number of nitrogen functional groups attached to an aromatic ring is 1. The van der Waals surface area contributed by atoms with Gasteiger partial charge in [-0.25, -0.2) is 9.78 Å². The van der Waals surface area contributed by atoms with Crippen LogP contribution in [0.25, 0.3) is 11.3 Å². The molecule has 6 nitrogen and oxygen atoms in total. The summed E-state index contributed by atoms with van der Waals surface area (Å²) >= 11 is 5.96. The Hall–Kier alpha value is -2.21. The Morgan fingerprint density at radius 1 is 1.43 bits per heavy atom. The first-order valence-corrected chi connectivity index (χ1v) is 6.63. The molecule has 0 saturated heterocycles. The first kappa shape index (κ1) is 15.2. The van der Waals surface area contributed by atoms with Crippen molar-refractivity contribution in [2.24, 2.45) is 0 Å². The molecule has 3 N–H and O–H groups in total. The number of oxazole rings is 1. The quantitative estimate of drug-likeness (QED) is 0.877. The second-order valence-electron chi connectivity index (χ2n) is 5.38. The van der Waals surface area contributed by atoms with Crippen molar-refractivity contribution in [3.8, 4) is 11.3 Å². The molecular formula is C14H16ClN3O3. The lowest BCUT2D eigenvalue weighted by molar-refractivity contribution is 0.0636. The summed E-state index contributed by atoms with van der Waals surface area (Å²) in [6, 6.07) is 5.02. The molecule has 1 amide bonds. The van der Waals surface area contributed by atoms with Gasteiger partial charge >= 0.3 is 6.09 Å². The van der Waals surface area contributed by atoms with E-state index in [1.807, 2.05) is 0 Å². The molecule has 1 aromatic carbocycles. The Morgan fingerprint density at radius 2 is 2.14 bits per heavy atom. The molecule has 0 bridgehead atoms. The predicted molar refractivity (Wildman–Crippen MR) is 81.2 cm³/mol. The molecule has 0 aliphatic rings. The second-order valence-corrected chi connectivity index (χ2v) is 5.82. The lowest BCUT2D eigenvalue weighted by Crippen LogP contribution is -2.27. The number of ether oxygens (including phenoxy) is 1. The van der Waals surface area contributed by atoms with Crippen molar-refractivity contribution in [1.29, 1.82) is 0 Å². The summed E-state index contributed by atoms with van der Waals surface area (Å²) in [4.78, 5) is 15.7. The number of hydrogen-bond donors (Lipinski definition) is 2. The predicted octanol–water partition coefficient (Wildman–Crippen LogP) is 3.92. The summed E-state index contributed by atoms with van der Waals surface area (Å²) in [6.45, 7) is 5.34. The molecule has 0 aliphatic carbocycles. The third-order valence-corrected chi connectivity index (χ3v) is 2.64. The molecule has 2 rings (SSSR count). The van der Waals surface area contributed by atoms with E-state index in [1.54, 1.807) is 39.0 Å². The average Bonchev–Trinajstić information content (AvgIpc) is 2.73. The standard InChI is InChI=1S/C14H16ClN3O3/c1-14(2,3)21-13(19)18-10-6-8(15)4-5-9(10)11-7-17-12(16)20-11/h4-7H,1-3H3,(H2,16,17)(H,18,19). The van der Waals surface area contributed by atoms with E-state index >= 15 is 0 Å². The van der Waals surface area contributed by atoms with Crippen molar-refractivity contribution in [1.82, 2.24) is 4.98 Å². The number of nitrogens with zero attached hydrogens (tertiary/aromatic N) is 1. The largest absolute Gasteiger partial charge is 0.444 e. The van der Waals surface area contributed by atoms with Crippen LogP contribution >= 0.6 is 11.6 Å². The fourth-order valence-electron chi connectivity index (χ4n) is 1.66. The maximum absolute atomic E-state index is 11.9. The van der Waals surface area contributed by atoms with Gasteiger partial charge in [0.1, 0.15) is 5.60 Å². The third-order valence-electron chi connectivity index (χ3n) is 2.41. The van der Waals surface area contributed by atoms with E-state index in [0.29, 0.717) is 22.0 Å². The number of hydrogen-bond acceptors (Lipinski definition) is 5. The van der Waals surface area contributed by atoms with Crippen molar-refractivity contribution >= 4 is 29.4 Å². The number of halogens is 1. The maximum Gasteiger partial charge on any atom is 0.412 e. The molecule has 2 aromatic rings. The van der Waals surface area contributed by atoms with Crippen LogP contribution in [0.15, 0.2) is 28.8 Å². The van der Waals surface area contributed by atoms with Crippen LogP contribution in [0, 0.1) is 0 Å². The van der Waals surface area contributed by atoms with Gasteiger partial charge in [0.2, 0.25) is 0 Å². The highest BCUT2D eigenvalue weighted by Crippen LogP contribution is 2.31. The van der Waals surface area contributed by atoms with Crippen LogP contribution in [0.3, 0.4) is 0 Å². The van der Waals surface area contributed by atoms with E-state index in [9.17, 15) is 4.79 Å². The average molecular weight is 310 g/mol. The van der Waals surface area contributed by atoms with Gasteiger partial charge in [-0.05, 0) is 39.0 Å². The number of carbonyl (C=O) groups is 1. The van der Waals surface area contributed by atoms with Gasteiger partial charge in [0.05, 0.1) is 11.9 Å². The molecule has 1 aromatic heterocycles. The van der Waals surface area contributed by atoms with Gasteiger partial charge < -0.3 is 14.9 Å². The normalized spacial score (nSPS) is 11.2. The van der Waals surface area contributed by atoms with Gasteiger partial charge in [-0.15, -0.1) is 0 Å². The zero-order valence-corrected chi connectivity index (χ0v) is 12.7. The van der Waals surface area contributed by atoms with Crippen molar-refractivity contribution in [3.05, 3.63) is 29.4 Å². The molecule has 0 fully saturated rings. The molecule has 0 aliphatic heterocycles. The minimum Gasteiger partial charge on any atom is -0.444 e. The molecule has 1 heterocycles. The van der Waals surface area contributed by atoms with E-state index in [4.69, 9.17) is 26.5 Å². The molecule has 0 spiro atoms. The number of nitrogens with one attached hydrogen (secondary N) is 1. The summed E-state index contributed by atoms with van der Waals surface area (Å²) in [5, 5.41) is 3.11. The highest BCUT2D eigenvalue weighted by molar-refractivity contribution is 6.31. The lowest BCUT2D eigenvalue weighted by Gasteiger charge is -2.20. The van der Waals surface area contributed by atoms with Crippen molar-refractivity contribution in [2.75, 3.05) is 11.1 Å². The number of carbonyl (C=O) groups excluding carboxylic acids is 1. The van der Waals surface area contributed by atoms with Crippen LogP contribution in [0.2, 0.25) is 5.02 Å². The molecular weight excluding hydrogens is 294 g/mol. The zero-order chi connectivity index (χ0) is 15.6. The Morgan fingerprint density at radius 3 is 2.71 bits per heavy atom. The van der Waals surface area contributed by atoms with E-state index in [0.717, 1.165) is 0 Å². The molecule has 21 heavy (non-hydrogen) atoms. The van der Waals surface area contributed by atoms with Crippen LogP contribution < -0.4 is 11.1 Å². The van der Waals surface area contributed by atoms with Gasteiger partial charge in [-0.2, -0.15) is 0 Å². The number of nitrogens with two attached hydrogens (primary N) is 1. The summed E-state index contributed by atoms with van der Waals surface area (Å²) < 4.78 is 10.5. The number of rotatable bonds is 2. The van der Waals surface area contributed by atoms with E-state index in [-0.39, 0.29) is 6.01 Å². The van der Waals surface area contributed by atoms with E-state index in [2.05, 4.69) is 10.3 Å². The third kappa shape index (κ3) is 4.13. The van der Waals surface area contributed by atoms with Gasteiger partial charge in [-0.1, -0.05) is 11.6 Å². The Balaban J connectivity index is 2.30. The Labute approximate surface area is 127 Å². The highest BCUT2D eigenvalue weighted by atomic mass is 35.5. The summed E-state index contributed by atoms with van der Waals surface area (Å²) in [5.74, 6) is 0.426. The lowest BCUT2D eigenvalue weighted by atomic mass is 10.1. The minimum atomic E-state index is -0.598. The Kier molecular flexibility index (Phi) is 4.09. The summed E-state index contributed by atoms with van der Waals surface area (Å²) in [6.07, 6.45) is 0.886. The van der Waals surface area contributed by atoms with Crippen LogP contribution in [-0.2, 0) is 4.74 Å². The SMILES string of the molecule is CC(C)(C)OC(=O)Nc1cc(Cl)ccc1-c1cnc(N)o1. The second kappa shape index (κ2) is 5.65. The molecule has 0 radical (unpaired) electrons. The van der Waals surface area contributed by atoms with Crippen molar-refractivity contribution < 1.29 is 13.9 Å². The highest BCUT2D eigenvalue weighted by Gasteiger charge is 2.18. The van der Waals surface area contributed by atoms with Gasteiger partial charge in [0.15, 0.2) is 5.76 Å². The molecule has 0 atom stereocenters. The molecule has 0 saturated carbocycles. The van der Waals surface area contributed by atoms with E-state index in [1.165, 1.54) is 6.20 Å². The molecule has 7 heteroatoms. The minimum absolute atomic E-state index is 0.0446. The van der Waals surface area contributed by atoms with Crippen LogP contribution in [0.1, 0.15) is 20.8 Å². The van der Waals surface area contributed by atoms with Crippen LogP contribution in [-0.4, -0.2) is 16.7 Å². The number of aromatic nitrogens is 1. The van der Waals surface area contributed by atoms with Gasteiger partial charge in [0.25, 0.3) is 6.01 Å². The number of benzene rings is 1. The Bertz CT molecular complexity index is 662. The fraction of sp³-hybridized carbons (Fsp3) is 0.286. The monoisotopic (exact) mass is 309 g/mol. The number of amides is 1. The summed E-state index contributed by atoms with van der Waals surface area (Å²) in [5.41, 5.74) is 5.92. The topological polar surface area (TPSA) is 90.4 Å². The van der Waals surface area contributed by atoms with Crippen molar-refractivity contribution in [3.63, 3.8) is 0 Å². The molecule has 112 valence electrons. The smallest absolute Gasteiger partial charge is 0.412 e. The first-order chi connectivity index (χ1) is 9.74. The van der Waals surface area contributed by atoms with Gasteiger partial charge in [0, 0.05) is 10.6 Å². The van der Waals surface area contributed by atoms with Gasteiger partial charge in [-0.3, -0.25) is 5.32 Å². The maximum atomic E-state index is 11.9.